The molecule has 2 heteroatoms. The minimum atomic E-state index is -1.56. The summed E-state index contributed by atoms with van der Waals surface area (Å²) < 4.78 is 6.41. The maximum atomic E-state index is 2.53. The van der Waals surface area contributed by atoms with Gasteiger partial charge in [-0.3, -0.25) is 0 Å². The summed E-state index contributed by atoms with van der Waals surface area (Å²) in [7, 11) is 0. The predicted octanol–water partition coefficient (Wildman–Crippen LogP) is 2.83. The van der Waals surface area contributed by atoms with Crippen LogP contribution in [0.25, 0.3) is 10.8 Å². The van der Waals surface area contributed by atoms with Crippen molar-refractivity contribution >= 4 is 65.7 Å². The van der Waals surface area contributed by atoms with Gasteiger partial charge in [0.25, 0.3) is 0 Å². The zero-order valence-corrected chi connectivity index (χ0v) is 20.0. The molecule has 0 radical (unpaired) electrons. The molecule has 0 spiro atoms. The van der Waals surface area contributed by atoms with Gasteiger partial charge in [0.15, 0.2) is 0 Å². The number of rotatable bonds is 4. The first kappa shape index (κ1) is 17.8. The summed E-state index contributed by atoms with van der Waals surface area (Å²) in [4.78, 5) is 2.53. The third-order valence-corrected chi connectivity index (χ3v) is 14.0. The van der Waals surface area contributed by atoms with Gasteiger partial charge in [-0.2, -0.15) is 0 Å². The van der Waals surface area contributed by atoms with E-state index >= 15 is 0 Å². The Morgan fingerprint density at radius 1 is 0.667 bits per heavy atom. The van der Waals surface area contributed by atoms with Crippen molar-refractivity contribution in [2.45, 2.75) is 17.8 Å². The van der Waals surface area contributed by atoms with Crippen LogP contribution in [0, 0.1) is 0 Å². The molecule has 27 heavy (non-hydrogen) atoms. The van der Waals surface area contributed by atoms with Crippen molar-refractivity contribution in [2.75, 3.05) is 0 Å². The molecule has 0 heterocycles. The molecule has 132 valence electrons. The van der Waals surface area contributed by atoms with Crippen LogP contribution in [-0.2, 0) is 12.8 Å². The van der Waals surface area contributed by atoms with Gasteiger partial charge in [0.05, 0.1) is 0 Å². The molecule has 0 aliphatic heterocycles. The Hall–Kier alpha value is -1.28. The topological polar surface area (TPSA) is 0 Å². The SMILES string of the molecule is C[Te+](c1ccccc1)c1ccc2c3c(ccc([Te]c4ccccc4)c13)CC2. The number of hydrogen-bond donors (Lipinski definition) is 0. The van der Waals surface area contributed by atoms with Gasteiger partial charge < -0.3 is 0 Å². The van der Waals surface area contributed by atoms with E-state index in [2.05, 4.69) is 89.9 Å². The average molecular weight is 577 g/mol. The molecule has 0 unspecified atom stereocenters. The molecule has 0 bridgehead atoms. The Balaban J connectivity index is 1.72. The molecule has 1 aliphatic rings. The third kappa shape index (κ3) is 3.35. The quantitative estimate of drug-likeness (QED) is 0.328. The van der Waals surface area contributed by atoms with Crippen molar-refractivity contribution in [3.8, 4) is 0 Å². The summed E-state index contributed by atoms with van der Waals surface area (Å²) in [6, 6.07) is 32.1. The molecule has 0 saturated carbocycles. The molecular weight excluding hydrogens is 555 g/mol. The molecule has 5 rings (SSSR count). The van der Waals surface area contributed by atoms with E-state index in [0.29, 0.717) is 0 Å². The van der Waals surface area contributed by atoms with Gasteiger partial charge in [0.2, 0.25) is 0 Å². The van der Waals surface area contributed by atoms with E-state index in [1.54, 1.807) is 32.7 Å². The van der Waals surface area contributed by atoms with Crippen LogP contribution in [-0.4, -0.2) is 40.5 Å². The Labute approximate surface area is 178 Å². The fourth-order valence-electron chi connectivity index (χ4n) is 3.97. The molecule has 0 N–H and O–H groups in total. The van der Waals surface area contributed by atoms with E-state index in [9.17, 15) is 0 Å². The van der Waals surface area contributed by atoms with Gasteiger partial charge in [-0.15, -0.1) is 0 Å². The second-order valence-corrected chi connectivity index (χ2v) is 15.6. The zero-order valence-electron chi connectivity index (χ0n) is 15.3. The third-order valence-electron chi connectivity index (χ3n) is 5.32. The summed E-state index contributed by atoms with van der Waals surface area (Å²) >= 11 is -1.93. The second kappa shape index (κ2) is 7.62. The number of hydrogen-bond acceptors (Lipinski definition) is 0. The summed E-state index contributed by atoms with van der Waals surface area (Å²) in [5.74, 6) is 0. The van der Waals surface area contributed by atoms with Crippen LogP contribution in [0.5, 0.6) is 0 Å². The predicted molar refractivity (Wildman–Crippen MR) is 120 cm³/mol. The fourth-order valence-corrected chi connectivity index (χ4v) is 12.0. The molecule has 0 atom stereocenters. The number of aryl methyl sites for hydroxylation is 2. The molecular formula is C25H21Te2+. The van der Waals surface area contributed by atoms with Crippen molar-refractivity contribution in [3.05, 3.63) is 96.1 Å². The van der Waals surface area contributed by atoms with E-state index in [0.717, 1.165) is 0 Å². The van der Waals surface area contributed by atoms with Crippen LogP contribution in [0.4, 0.5) is 0 Å². The fraction of sp³-hybridized carbons (Fsp3) is 0.120. The molecule has 0 amide bonds. The normalized spacial score (nSPS) is 12.8. The molecule has 0 fully saturated rings. The van der Waals surface area contributed by atoms with E-state index in [1.807, 2.05) is 0 Å². The summed E-state index contributed by atoms with van der Waals surface area (Å²) in [5, 5.41) is 3.24. The van der Waals surface area contributed by atoms with Gasteiger partial charge in [-0.1, -0.05) is 0 Å². The first-order valence-corrected chi connectivity index (χ1v) is 16.3. The molecule has 0 nitrogen and oxygen atoms in total. The van der Waals surface area contributed by atoms with E-state index in [1.165, 1.54) is 16.5 Å². The standard InChI is InChI=1S/C25H21Te2/c1-27(21-10-6-3-7-11-21)23-17-15-19-13-12-18-14-16-22(25(23)24(18)19)26-20-8-4-2-5-9-20/h2-11,14-17H,12-13H2,1H3/q+1. The summed E-state index contributed by atoms with van der Waals surface area (Å²) in [5.41, 5.74) is 3.15. The van der Waals surface area contributed by atoms with Crippen molar-refractivity contribution in [1.29, 1.82) is 0 Å². The Morgan fingerprint density at radius 3 is 2.00 bits per heavy atom. The summed E-state index contributed by atoms with van der Waals surface area (Å²) in [6.07, 6.45) is 2.43. The molecule has 0 aromatic heterocycles. The van der Waals surface area contributed by atoms with Crippen molar-refractivity contribution in [3.63, 3.8) is 0 Å². The summed E-state index contributed by atoms with van der Waals surface area (Å²) in [6.45, 7) is 0. The molecule has 0 saturated heterocycles. The first-order chi connectivity index (χ1) is 13.3. The van der Waals surface area contributed by atoms with Crippen molar-refractivity contribution in [1.82, 2.24) is 0 Å². The van der Waals surface area contributed by atoms with Gasteiger partial charge in [-0.05, 0) is 0 Å². The van der Waals surface area contributed by atoms with Crippen LogP contribution in [0.2, 0.25) is 4.97 Å². The molecule has 1 aliphatic carbocycles. The van der Waals surface area contributed by atoms with Crippen LogP contribution in [0.1, 0.15) is 11.1 Å². The molecule has 4 aromatic rings. The van der Waals surface area contributed by atoms with Gasteiger partial charge in [-0.25, -0.2) is 0 Å². The van der Waals surface area contributed by atoms with Crippen molar-refractivity contribution in [2.24, 2.45) is 0 Å². The zero-order chi connectivity index (χ0) is 18.2. The molecule has 4 aromatic carbocycles. The van der Waals surface area contributed by atoms with Crippen LogP contribution >= 0.6 is 0 Å². The maximum absolute atomic E-state index is 2.53. The number of benzene rings is 4. The van der Waals surface area contributed by atoms with Crippen LogP contribution in [0.3, 0.4) is 0 Å². The average Bonchev–Trinajstić information content (AvgIpc) is 3.15. The minimum absolute atomic E-state index is 0.371. The van der Waals surface area contributed by atoms with E-state index in [4.69, 9.17) is 0 Å². The van der Waals surface area contributed by atoms with Gasteiger partial charge >= 0.3 is 180 Å². The van der Waals surface area contributed by atoms with Gasteiger partial charge in [0, 0.05) is 0 Å². The second-order valence-electron chi connectivity index (χ2n) is 6.93. The van der Waals surface area contributed by atoms with E-state index in [-0.39, 0.29) is 20.9 Å². The van der Waals surface area contributed by atoms with Crippen molar-refractivity contribution < 1.29 is 0 Å². The van der Waals surface area contributed by atoms with Crippen LogP contribution < -0.4 is 14.4 Å². The van der Waals surface area contributed by atoms with Gasteiger partial charge in [0.1, 0.15) is 0 Å². The first-order valence-electron chi connectivity index (χ1n) is 9.32. The monoisotopic (exact) mass is 581 g/mol. The Kier molecular flexibility index (Phi) is 5.02. The Bertz CT molecular complexity index is 1090. The van der Waals surface area contributed by atoms with Crippen LogP contribution in [0.15, 0.2) is 84.9 Å². The Morgan fingerprint density at radius 2 is 1.30 bits per heavy atom. The van der Waals surface area contributed by atoms with E-state index < -0.39 is 19.6 Å².